The lowest BCUT2D eigenvalue weighted by molar-refractivity contribution is -0.115. The van der Waals surface area contributed by atoms with Gasteiger partial charge in [0.05, 0.1) is 0 Å². The quantitative estimate of drug-likeness (QED) is 0.666. The summed E-state index contributed by atoms with van der Waals surface area (Å²) in [4.78, 5) is 11.4. The monoisotopic (exact) mass is 188 g/mol. The maximum absolute atomic E-state index is 11.4. The molecule has 0 saturated carbocycles. The van der Waals surface area contributed by atoms with Crippen molar-refractivity contribution in [2.24, 2.45) is 0 Å². The van der Waals surface area contributed by atoms with Gasteiger partial charge in [0.2, 0.25) is 0 Å². The van der Waals surface area contributed by atoms with E-state index in [0.717, 1.165) is 5.56 Å². The zero-order valence-corrected chi connectivity index (χ0v) is 9.00. The zero-order valence-electron chi connectivity index (χ0n) is 9.00. The van der Waals surface area contributed by atoms with Gasteiger partial charge >= 0.3 is 0 Å². The number of carbonyl (C=O) groups is 1. The van der Waals surface area contributed by atoms with Gasteiger partial charge in [-0.15, -0.1) is 0 Å². The van der Waals surface area contributed by atoms with Gasteiger partial charge in [-0.25, -0.2) is 0 Å². The van der Waals surface area contributed by atoms with Crippen molar-refractivity contribution in [1.29, 1.82) is 0 Å². The third kappa shape index (κ3) is 2.11. The Morgan fingerprint density at radius 2 is 2.00 bits per heavy atom. The van der Waals surface area contributed by atoms with E-state index < -0.39 is 0 Å². The van der Waals surface area contributed by atoms with E-state index in [1.165, 1.54) is 17.2 Å². The summed E-state index contributed by atoms with van der Waals surface area (Å²) in [6.07, 6.45) is 1.39. The first-order valence-electron chi connectivity index (χ1n) is 4.79. The summed E-state index contributed by atoms with van der Waals surface area (Å²) in [6.45, 7) is 9.54. The second-order valence-electron chi connectivity index (χ2n) is 3.67. The van der Waals surface area contributed by atoms with Crippen LogP contribution in [-0.4, -0.2) is 5.78 Å². The molecule has 1 rings (SSSR count). The highest BCUT2D eigenvalue weighted by molar-refractivity contribution is 5.94. The van der Waals surface area contributed by atoms with Crippen molar-refractivity contribution in [2.45, 2.75) is 26.7 Å². The minimum atomic E-state index is -0.0770. The summed E-state index contributed by atoms with van der Waals surface area (Å²) in [7, 11) is 0. The molecule has 0 aliphatic heterocycles. The average Bonchev–Trinajstić information content (AvgIpc) is 2.20. The molecule has 1 aromatic rings. The predicted molar refractivity (Wildman–Crippen MR) is 59.5 cm³/mol. The van der Waals surface area contributed by atoms with Gasteiger partial charge < -0.3 is 0 Å². The van der Waals surface area contributed by atoms with Crippen molar-refractivity contribution in [3.05, 3.63) is 47.5 Å². The van der Waals surface area contributed by atoms with Crippen molar-refractivity contribution in [3.8, 4) is 0 Å². The Bertz CT molecular complexity index is 363. The number of hydrogen-bond acceptors (Lipinski definition) is 1. The lowest BCUT2D eigenvalue weighted by Gasteiger charge is -2.10. The Kier molecular flexibility index (Phi) is 3.23. The molecule has 0 spiro atoms. The van der Waals surface area contributed by atoms with Crippen molar-refractivity contribution >= 4 is 5.78 Å². The molecule has 14 heavy (non-hydrogen) atoms. The topological polar surface area (TPSA) is 17.1 Å². The first-order valence-corrected chi connectivity index (χ1v) is 4.79. The van der Waals surface area contributed by atoms with Crippen molar-refractivity contribution in [3.63, 3.8) is 0 Å². The van der Waals surface area contributed by atoms with Gasteiger partial charge in [-0.3, -0.25) is 4.79 Å². The Morgan fingerprint density at radius 1 is 1.36 bits per heavy atom. The molecule has 0 N–H and O–H groups in total. The standard InChI is InChI=1S/C13H16O/c1-5-13(14)11(4)12-7-6-9(2)10(3)8-12/h5-8,11H,1H2,2-4H3/t11-/m0/s1. The van der Waals surface area contributed by atoms with E-state index in [2.05, 4.69) is 32.6 Å². The molecule has 1 nitrogen and oxygen atoms in total. The molecule has 1 aromatic carbocycles. The Labute approximate surface area is 85.5 Å². The number of ketones is 1. The van der Waals surface area contributed by atoms with Gasteiger partial charge in [0.15, 0.2) is 5.78 Å². The van der Waals surface area contributed by atoms with Crippen LogP contribution >= 0.6 is 0 Å². The molecule has 0 amide bonds. The maximum atomic E-state index is 11.4. The number of benzene rings is 1. The van der Waals surface area contributed by atoms with Crippen LogP contribution in [0.25, 0.3) is 0 Å². The van der Waals surface area contributed by atoms with Gasteiger partial charge in [0, 0.05) is 5.92 Å². The molecule has 0 heterocycles. The molecule has 0 bridgehead atoms. The van der Waals surface area contributed by atoms with Crippen LogP contribution in [-0.2, 0) is 4.79 Å². The molecule has 1 heteroatoms. The van der Waals surface area contributed by atoms with Crippen molar-refractivity contribution in [2.75, 3.05) is 0 Å². The Balaban J connectivity index is 3.02. The molecule has 0 unspecified atom stereocenters. The maximum Gasteiger partial charge on any atom is 0.162 e. The Morgan fingerprint density at radius 3 is 2.50 bits per heavy atom. The van der Waals surface area contributed by atoms with Gasteiger partial charge in [-0.1, -0.05) is 31.7 Å². The van der Waals surface area contributed by atoms with Crippen LogP contribution in [0.2, 0.25) is 0 Å². The van der Waals surface area contributed by atoms with Crippen LogP contribution in [0.3, 0.4) is 0 Å². The largest absolute Gasteiger partial charge is 0.294 e. The third-order valence-corrected chi connectivity index (χ3v) is 2.66. The van der Waals surface area contributed by atoms with Crippen molar-refractivity contribution < 1.29 is 4.79 Å². The van der Waals surface area contributed by atoms with Gasteiger partial charge in [0.25, 0.3) is 0 Å². The molecule has 1 atom stereocenters. The van der Waals surface area contributed by atoms with Crippen molar-refractivity contribution in [1.82, 2.24) is 0 Å². The van der Waals surface area contributed by atoms with Gasteiger partial charge in [0.1, 0.15) is 0 Å². The molecule has 0 aromatic heterocycles. The number of carbonyl (C=O) groups excluding carboxylic acids is 1. The fourth-order valence-corrected chi connectivity index (χ4v) is 1.37. The second-order valence-corrected chi connectivity index (χ2v) is 3.67. The van der Waals surface area contributed by atoms with Gasteiger partial charge in [-0.2, -0.15) is 0 Å². The van der Waals surface area contributed by atoms with E-state index >= 15 is 0 Å². The summed E-state index contributed by atoms with van der Waals surface area (Å²) in [6, 6.07) is 6.13. The minimum Gasteiger partial charge on any atom is -0.294 e. The summed E-state index contributed by atoms with van der Waals surface area (Å²) < 4.78 is 0. The molecule has 0 aliphatic carbocycles. The van der Waals surface area contributed by atoms with Crippen LogP contribution in [0.4, 0.5) is 0 Å². The van der Waals surface area contributed by atoms with Crippen LogP contribution < -0.4 is 0 Å². The second kappa shape index (κ2) is 4.23. The summed E-state index contributed by atoms with van der Waals surface area (Å²) in [5.74, 6) is 0.0000491. The highest BCUT2D eigenvalue weighted by atomic mass is 16.1. The van der Waals surface area contributed by atoms with Crippen LogP contribution in [0.15, 0.2) is 30.9 Å². The van der Waals surface area contributed by atoms with Gasteiger partial charge in [-0.05, 0) is 36.6 Å². The van der Waals surface area contributed by atoms with E-state index in [4.69, 9.17) is 0 Å². The molecule has 0 aliphatic rings. The fourth-order valence-electron chi connectivity index (χ4n) is 1.37. The number of hydrogen-bond donors (Lipinski definition) is 0. The summed E-state index contributed by atoms with van der Waals surface area (Å²) in [5, 5.41) is 0. The Hall–Kier alpha value is -1.37. The minimum absolute atomic E-state index is 0.0770. The van der Waals surface area contributed by atoms with E-state index in [1.807, 2.05) is 13.0 Å². The van der Waals surface area contributed by atoms with Crippen LogP contribution in [0.1, 0.15) is 29.5 Å². The lowest BCUT2D eigenvalue weighted by Crippen LogP contribution is -2.05. The molecular formula is C13H16O. The van der Waals surface area contributed by atoms with Crippen LogP contribution in [0.5, 0.6) is 0 Å². The molecule has 74 valence electrons. The number of rotatable bonds is 3. The smallest absolute Gasteiger partial charge is 0.162 e. The molecule has 0 saturated heterocycles. The highest BCUT2D eigenvalue weighted by Crippen LogP contribution is 2.19. The van der Waals surface area contributed by atoms with E-state index in [-0.39, 0.29) is 11.7 Å². The molecule has 0 fully saturated rings. The average molecular weight is 188 g/mol. The fraction of sp³-hybridized carbons (Fsp3) is 0.308. The first-order chi connectivity index (χ1) is 6.56. The van der Waals surface area contributed by atoms with E-state index in [0.29, 0.717) is 0 Å². The lowest BCUT2D eigenvalue weighted by atomic mass is 9.94. The summed E-state index contributed by atoms with van der Waals surface area (Å²) >= 11 is 0. The highest BCUT2D eigenvalue weighted by Gasteiger charge is 2.11. The number of aryl methyl sites for hydroxylation is 2. The molecule has 0 radical (unpaired) electrons. The zero-order chi connectivity index (χ0) is 10.7. The SMILES string of the molecule is C=CC(=O)[C@@H](C)c1ccc(C)c(C)c1. The molecular weight excluding hydrogens is 172 g/mol. The normalized spacial score (nSPS) is 12.2. The first kappa shape index (κ1) is 10.7. The predicted octanol–water partition coefficient (Wildman–Crippen LogP) is 3.16. The third-order valence-electron chi connectivity index (χ3n) is 2.66. The summed E-state index contributed by atoms with van der Waals surface area (Å²) in [5.41, 5.74) is 3.55. The van der Waals surface area contributed by atoms with E-state index in [1.54, 1.807) is 0 Å². The number of allylic oxidation sites excluding steroid dienone is 1. The van der Waals surface area contributed by atoms with E-state index in [9.17, 15) is 4.79 Å². The van der Waals surface area contributed by atoms with Crippen LogP contribution in [0, 0.1) is 13.8 Å².